The van der Waals surface area contributed by atoms with Crippen molar-refractivity contribution in [2.24, 2.45) is 17.6 Å². The first-order chi connectivity index (χ1) is 10.1. The molecule has 1 heterocycles. The number of hydrogen-bond acceptors (Lipinski definition) is 3. The van der Waals surface area contributed by atoms with Crippen LogP contribution in [0.3, 0.4) is 0 Å². The predicted molar refractivity (Wildman–Crippen MR) is 82.5 cm³/mol. The second-order valence-corrected chi connectivity index (χ2v) is 6.64. The van der Waals surface area contributed by atoms with Gasteiger partial charge in [0.1, 0.15) is 0 Å². The van der Waals surface area contributed by atoms with Crippen molar-refractivity contribution in [3.05, 3.63) is 0 Å². The minimum absolute atomic E-state index is 0.0150. The van der Waals surface area contributed by atoms with Gasteiger partial charge in [-0.15, -0.1) is 0 Å². The number of piperidine rings is 1. The molecular weight excluding hydrogens is 266 g/mol. The number of rotatable bonds is 5. The van der Waals surface area contributed by atoms with Crippen LogP contribution < -0.4 is 11.1 Å². The SMILES string of the molecule is C[C@H](C(=O)NCC1CCCCC1)N1CCC(C(N)=O)CC1. The third-order valence-corrected chi connectivity index (χ3v) is 5.15. The van der Waals surface area contributed by atoms with Crippen LogP contribution in [0.1, 0.15) is 51.9 Å². The number of carbonyl (C=O) groups is 2. The average Bonchev–Trinajstić information content (AvgIpc) is 2.53. The average molecular weight is 295 g/mol. The highest BCUT2D eigenvalue weighted by Crippen LogP contribution is 2.23. The molecule has 1 atom stereocenters. The number of likely N-dealkylation sites (tertiary alicyclic amines) is 1. The molecule has 120 valence electrons. The molecule has 1 saturated heterocycles. The van der Waals surface area contributed by atoms with Crippen LogP contribution in [0.5, 0.6) is 0 Å². The predicted octanol–water partition coefficient (Wildman–Crippen LogP) is 1.27. The summed E-state index contributed by atoms with van der Waals surface area (Å²) in [6.45, 7) is 4.35. The molecule has 0 aromatic rings. The van der Waals surface area contributed by atoms with Crippen molar-refractivity contribution >= 4 is 11.8 Å². The quantitative estimate of drug-likeness (QED) is 0.802. The monoisotopic (exact) mass is 295 g/mol. The number of nitrogens with zero attached hydrogens (tertiary/aromatic N) is 1. The van der Waals surface area contributed by atoms with Crippen molar-refractivity contribution in [3.63, 3.8) is 0 Å². The molecule has 0 spiro atoms. The molecule has 2 fully saturated rings. The van der Waals surface area contributed by atoms with E-state index in [4.69, 9.17) is 5.73 Å². The number of nitrogens with one attached hydrogen (secondary N) is 1. The summed E-state index contributed by atoms with van der Waals surface area (Å²) in [5.41, 5.74) is 5.34. The second-order valence-electron chi connectivity index (χ2n) is 6.64. The first-order valence-electron chi connectivity index (χ1n) is 8.39. The summed E-state index contributed by atoms with van der Waals surface area (Å²) >= 11 is 0. The summed E-state index contributed by atoms with van der Waals surface area (Å²) in [5.74, 6) is 0.566. The molecule has 5 heteroatoms. The molecule has 0 radical (unpaired) electrons. The molecule has 2 amide bonds. The van der Waals surface area contributed by atoms with E-state index in [0.717, 1.165) is 32.5 Å². The highest BCUT2D eigenvalue weighted by atomic mass is 16.2. The van der Waals surface area contributed by atoms with Crippen LogP contribution in [0, 0.1) is 11.8 Å². The standard InChI is InChI=1S/C16H29N3O2/c1-12(19-9-7-14(8-10-19)15(17)20)16(21)18-11-13-5-3-2-4-6-13/h12-14H,2-11H2,1H3,(H2,17,20)(H,18,21)/t12-/m1/s1. The summed E-state index contributed by atoms with van der Waals surface area (Å²) in [5, 5.41) is 3.11. The Morgan fingerprint density at radius 2 is 1.76 bits per heavy atom. The maximum absolute atomic E-state index is 12.3. The van der Waals surface area contributed by atoms with Gasteiger partial charge in [-0.25, -0.2) is 0 Å². The van der Waals surface area contributed by atoms with Crippen molar-refractivity contribution in [1.82, 2.24) is 10.2 Å². The molecule has 0 aromatic heterocycles. The first-order valence-corrected chi connectivity index (χ1v) is 8.39. The molecule has 2 aliphatic rings. The first kappa shape index (κ1) is 16.3. The van der Waals surface area contributed by atoms with Crippen molar-refractivity contribution in [2.45, 2.75) is 57.9 Å². The number of amides is 2. The van der Waals surface area contributed by atoms with Gasteiger partial charge in [0, 0.05) is 12.5 Å². The lowest BCUT2D eigenvalue weighted by atomic mass is 9.89. The van der Waals surface area contributed by atoms with Crippen molar-refractivity contribution in [1.29, 1.82) is 0 Å². The minimum Gasteiger partial charge on any atom is -0.369 e. The van der Waals surface area contributed by atoms with Crippen LogP contribution in [-0.4, -0.2) is 42.4 Å². The molecule has 1 aliphatic heterocycles. The van der Waals surface area contributed by atoms with Gasteiger partial charge < -0.3 is 11.1 Å². The van der Waals surface area contributed by atoms with Crippen LogP contribution in [0.15, 0.2) is 0 Å². The zero-order valence-electron chi connectivity index (χ0n) is 13.1. The number of carbonyl (C=O) groups excluding carboxylic acids is 2. The number of nitrogens with two attached hydrogens (primary N) is 1. The Morgan fingerprint density at radius 1 is 1.14 bits per heavy atom. The Bertz CT molecular complexity index is 359. The van der Waals surface area contributed by atoms with E-state index in [-0.39, 0.29) is 23.8 Å². The fourth-order valence-electron chi connectivity index (χ4n) is 3.52. The van der Waals surface area contributed by atoms with Crippen molar-refractivity contribution in [3.8, 4) is 0 Å². The normalized spacial score (nSPS) is 23.7. The Hall–Kier alpha value is -1.10. The van der Waals surface area contributed by atoms with E-state index in [0.29, 0.717) is 5.92 Å². The van der Waals surface area contributed by atoms with Crippen LogP contribution >= 0.6 is 0 Å². The highest BCUT2D eigenvalue weighted by Gasteiger charge is 2.28. The van der Waals surface area contributed by atoms with E-state index < -0.39 is 0 Å². The van der Waals surface area contributed by atoms with Gasteiger partial charge in [-0.05, 0) is 51.6 Å². The molecule has 3 N–H and O–H groups in total. The molecule has 1 aliphatic carbocycles. The van der Waals surface area contributed by atoms with E-state index in [1.807, 2.05) is 6.92 Å². The zero-order chi connectivity index (χ0) is 15.2. The molecule has 0 aromatic carbocycles. The Kier molecular flexibility index (Phi) is 6.03. The molecule has 21 heavy (non-hydrogen) atoms. The lowest BCUT2D eigenvalue weighted by molar-refractivity contribution is -0.127. The molecule has 0 unspecified atom stereocenters. The van der Waals surface area contributed by atoms with Gasteiger partial charge in [-0.2, -0.15) is 0 Å². The van der Waals surface area contributed by atoms with Crippen molar-refractivity contribution < 1.29 is 9.59 Å². The Morgan fingerprint density at radius 3 is 2.33 bits per heavy atom. The van der Waals surface area contributed by atoms with Crippen molar-refractivity contribution in [2.75, 3.05) is 19.6 Å². The lowest BCUT2D eigenvalue weighted by Gasteiger charge is -2.34. The molecule has 5 nitrogen and oxygen atoms in total. The molecule has 0 bridgehead atoms. The second kappa shape index (κ2) is 7.78. The summed E-state index contributed by atoms with van der Waals surface area (Å²) in [6.07, 6.45) is 7.99. The molecule has 1 saturated carbocycles. The maximum atomic E-state index is 12.3. The van der Waals surface area contributed by atoms with Crippen LogP contribution in [0.4, 0.5) is 0 Å². The summed E-state index contributed by atoms with van der Waals surface area (Å²) in [4.78, 5) is 25.6. The van der Waals surface area contributed by atoms with Gasteiger partial charge in [0.2, 0.25) is 11.8 Å². The number of hydrogen-bond donors (Lipinski definition) is 2. The third-order valence-electron chi connectivity index (χ3n) is 5.15. The molecular formula is C16H29N3O2. The third kappa shape index (κ3) is 4.70. The lowest BCUT2D eigenvalue weighted by Crippen LogP contribution is -2.50. The van der Waals surface area contributed by atoms with Gasteiger partial charge in [0.05, 0.1) is 6.04 Å². The van der Waals surface area contributed by atoms with Gasteiger partial charge in [0.25, 0.3) is 0 Å². The van der Waals surface area contributed by atoms with E-state index in [2.05, 4.69) is 10.2 Å². The smallest absolute Gasteiger partial charge is 0.237 e. The Balaban J connectivity index is 1.71. The summed E-state index contributed by atoms with van der Waals surface area (Å²) in [6, 6.07) is -0.109. The fraction of sp³-hybridized carbons (Fsp3) is 0.875. The van der Waals surface area contributed by atoms with E-state index in [9.17, 15) is 9.59 Å². The minimum atomic E-state index is -0.205. The fourth-order valence-corrected chi connectivity index (χ4v) is 3.52. The zero-order valence-corrected chi connectivity index (χ0v) is 13.1. The topological polar surface area (TPSA) is 75.4 Å². The highest BCUT2D eigenvalue weighted by molar-refractivity contribution is 5.81. The van der Waals surface area contributed by atoms with Gasteiger partial charge in [0.15, 0.2) is 0 Å². The maximum Gasteiger partial charge on any atom is 0.237 e. The summed E-state index contributed by atoms with van der Waals surface area (Å²) in [7, 11) is 0. The van der Waals surface area contributed by atoms with Crippen LogP contribution in [0.25, 0.3) is 0 Å². The van der Waals surface area contributed by atoms with Gasteiger partial charge in [-0.1, -0.05) is 19.3 Å². The van der Waals surface area contributed by atoms with Gasteiger partial charge in [-0.3, -0.25) is 14.5 Å². The van der Waals surface area contributed by atoms with Crippen LogP contribution in [0.2, 0.25) is 0 Å². The van der Waals surface area contributed by atoms with Crippen LogP contribution in [-0.2, 0) is 9.59 Å². The number of primary amides is 1. The largest absolute Gasteiger partial charge is 0.369 e. The summed E-state index contributed by atoms with van der Waals surface area (Å²) < 4.78 is 0. The van der Waals surface area contributed by atoms with E-state index >= 15 is 0 Å². The van der Waals surface area contributed by atoms with Gasteiger partial charge >= 0.3 is 0 Å². The van der Waals surface area contributed by atoms with E-state index in [1.165, 1.54) is 32.1 Å². The Labute approximate surface area is 127 Å². The van der Waals surface area contributed by atoms with E-state index in [1.54, 1.807) is 0 Å². The molecule has 2 rings (SSSR count).